The van der Waals surface area contributed by atoms with E-state index in [0.717, 1.165) is 5.56 Å². The van der Waals surface area contributed by atoms with Crippen LogP contribution in [0, 0.1) is 6.92 Å². The van der Waals surface area contributed by atoms with Gasteiger partial charge in [0.25, 0.3) is 5.91 Å². The highest BCUT2D eigenvalue weighted by molar-refractivity contribution is 6.31. The molecule has 1 aromatic heterocycles. The monoisotopic (exact) mass is 429 g/mol. The molecule has 1 atom stereocenters. The molecule has 1 aliphatic rings. The van der Waals surface area contributed by atoms with Crippen molar-refractivity contribution in [3.8, 4) is 0 Å². The molecule has 0 bridgehead atoms. The van der Waals surface area contributed by atoms with Gasteiger partial charge in [-0.15, -0.1) is 0 Å². The van der Waals surface area contributed by atoms with Crippen LogP contribution in [0.2, 0.25) is 10.0 Å². The Hall–Kier alpha value is -2.60. The first-order valence-electron chi connectivity index (χ1n) is 8.96. The van der Waals surface area contributed by atoms with Crippen LogP contribution in [0.1, 0.15) is 33.9 Å². The fraction of sp³-hybridized carbons (Fsp3) is 0.182. The number of amides is 1. The highest BCUT2D eigenvalue weighted by Gasteiger charge is 2.51. The molecule has 1 amide bonds. The molecule has 0 saturated carbocycles. The summed E-state index contributed by atoms with van der Waals surface area (Å²) in [6, 6.07) is 15.1. The number of Topliss-reactive ketones (excluding diaryl/α,β-unsaturated/α-hetero) is 1. The van der Waals surface area contributed by atoms with Crippen molar-refractivity contribution in [1.29, 1.82) is 0 Å². The summed E-state index contributed by atoms with van der Waals surface area (Å²) in [6.07, 6.45) is -0.441. The summed E-state index contributed by atoms with van der Waals surface area (Å²) in [4.78, 5) is 27.4. The summed E-state index contributed by atoms with van der Waals surface area (Å²) in [5, 5.41) is 12.3. The van der Waals surface area contributed by atoms with Crippen LogP contribution in [0.15, 0.2) is 59.0 Å². The molecule has 3 aromatic rings. The van der Waals surface area contributed by atoms with Crippen LogP contribution in [-0.4, -0.2) is 16.8 Å². The van der Waals surface area contributed by atoms with Crippen LogP contribution in [0.5, 0.6) is 0 Å². The Balaban J connectivity index is 1.71. The number of aryl methyl sites for hydroxylation is 1. The molecular weight excluding hydrogens is 413 g/mol. The molecule has 0 saturated heterocycles. The lowest BCUT2D eigenvalue weighted by Crippen LogP contribution is -2.41. The van der Waals surface area contributed by atoms with Gasteiger partial charge < -0.3 is 14.4 Å². The van der Waals surface area contributed by atoms with Gasteiger partial charge in [0.2, 0.25) is 5.78 Å². The van der Waals surface area contributed by atoms with E-state index in [0.29, 0.717) is 27.1 Å². The molecule has 0 aliphatic carbocycles. The van der Waals surface area contributed by atoms with Crippen molar-refractivity contribution >= 4 is 40.6 Å². The minimum atomic E-state index is -2.02. The highest BCUT2D eigenvalue weighted by atomic mass is 35.5. The first-order valence-corrected chi connectivity index (χ1v) is 9.72. The van der Waals surface area contributed by atoms with Gasteiger partial charge >= 0.3 is 0 Å². The molecular formula is C22H17Cl2NO4. The summed E-state index contributed by atoms with van der Waals surface area (Å²) < 4.78 is 5.36. The Morgan fingerprint density at radius 2 is 1.76 bits per heavy atom. The molecule has 0 radical (unpaired) electrons. The van der Waals surface area contributed by atoms with Gasteiger partial charge in [0.15, 0.2) is 11.4 Å². The topological polar surface area (TPSA) is 70.8 Å². The van der Waals surface area contributed by atoms with E-state index in [2.05, 4.69) is 0 Å². The van der Waals surface area contributed by atoms with Crippen LogP contribution in [0.25, 0.3) is 0 Å². The zero-order valence-corrected chi connectivity index (χ0v) is 17.0. The quantitative estimate of drug-likeness (QED) is 0.585. The molecule has 4 rings (SSSR count). The highest BCUT2D eigenvalue weighted by Crippen LogP contribution is 2.44. The molecule has 5 nitrogen and oxygen atoms in total. The largest absolute Gasteiger partial charge is 0.458 e. The Kier molecular flexibility index (Phi) is 4.99. The molecule has 2 aromatic carbocycles. The summed E-state index contributed by atoms with van der Waals surface area (Å²) in [5.74, 6) is -0.371. The predicted octanol–water partition coefficient (Wildman–Crippen LogP) is 4.90. The zero-order chi connectivity index (χ0) is 20.8. The third kappa shape index (κ3) is 3.57. The molecule has 2 heterocycles. The fourth-order valence-corrected chi connectivity index (χ4v) is 3.82. The van der Waals surface area contributed by atoms with Crippen LogP contribution >= 0.6 is 23.2 Å². The standard InChI is InChI=1S/C22H17Cl2NO4/c1-13-2-9-20(29-13)19(26)11-22(28)17-10-16(24)7-8-18(17)25(21(22)27)12-14-3-5-15(23)6-4-14/h2-10,28H,11-12H2,1H3. The van der Waals surface area contributed by atoms with Gasteiger partial charge in [0, 0.05) is 15.6 Å². The number of benzene rings is 2. The number of halogens is 2. The summed E-state index contributed by atoms with van der Waals surface area (Å²) in [6.45, 7) is 1.94. The third-order valence-corrected chi connectivity index (χ3v) is 5.47. The van der Waals surface area contributed by atoms with Crippen molar-refractivity contribution in [2.75, 3.05) is 4.90 Å². The number of furan rings is 1. The van der Waals surface area contributed by atoms with Crippen LogP contribution in [0.3, 0.4) is 0 Å². The van der Waals surface area contributed by atoms with Crippen LogP contribution in [-0.2, 0) is 16.9 Å². The number of fused-ring (bicyclic) bond motifs is 1. The van der Waals surface area contributed by atoms with Gasteiger partial charge in [-0.1, -0.05) is 35.3 Å². The second kappa shape index (κ2) is 7.34. The van der Waals surface area contributed by atoms with Crippen molar-refractivity contribution in [3.63, 3.8) is 0 Å². The summed E-state index contributed by atoms with van der Waals surface area (Å²) in [7, 11) is 0. The van der Waals surface area contributed by atoms with Crippen molar-refractivity contribution in [3.05, 3.63) is 87.3 Å². The van der Waals surface area contributed by atoms with Crippen LogP contribution < -0.4 is 4.90 Å². The molecule has 7 heteroatoms. The number of aliphatic hydroxyl groups is 1. The number of ketones is 1. The lowest BCUT2D eigenvalue weighted by atomic mass is 9.89. The van der Waals surface area contributed by atoms with Gasteiger partial charge in [-0.25, -0.2) is 0 Å². The van der Waals surface area contributed by atoms with Crippen molar-refractivity contribution in [2.24, 2.45) is 0 Å². The second-order valence-corrected chi connectivity index (χ2v) is 7.92. The number of rotatable bonds is 5. The van der Waals surface area contributed by atoms with Gasteiger partial charge in [0.05, 0.1) is 18.7 Å². The van der Waals surface area contributed by atoms with E-state index in [1.807, 2.05) is 0 Å². The number of carbonyl (C=O) groups excluding carboxylic acids is 2. The Labute approximate surface area is 177 Å². The maximum absolute atomic E-state index is 13.3. The van der Waals surface area contributed by atoms with E-state index in [1.165, 1.54) is 17.0 Å². The molecule has 1 unspecified atom stereocenters. The normalized spacial score (nSPS) is 18.2. The van der Waals surface area contributed by atoms with Crippen molar-refractivity contribution in [2.45, 2.75) is 25.5 Å². The lowest BCUT2D eigenvalue weighted by Gasteiger charge is -2.22. The van der Waals surface area contributed by atoms with Gasteiger partial charge in [-0.3, -0.25) is 9.59 Å². The molecule has 29 heavy (non-hydrogen) atoms. The zero-order valence-electron chi connectivity index (χ0n) is 15.5. The smallest absolute Gasteiger partial charge is 0.264 e. The fourth-order valence-electron chi connectivity index (χ4n) is 3.53. The minimum absolute atomic E-state index is 0.100. The van der Waals surface area contributed by atoms with E-state index in [1.54, 1.807) is 49.4 Å². The van der Waals surface area contributed by atoms with Crippen molar-refractivity contribution in [1.82, 2.24) is 0 Å². The maximum Gasteiger partial charge on any atom is 0.264 e. The van der Waals surface area contributed by atoms with E-state index >= 15 is 0 Å². The number of hydrogen-bond donors (Lipinski definition) is 1. The van der Waals surface area contributed by atoms with Gasteiger partial charge in [0.1, 0.15) is 5.76 Å². The SMILES string of the molecule is Cc1ccc(C(=O)CC2(O)C(=O)N(Cc3ccc(Cl)cc3)c3ccc(Cl)cc32)o1. The molecule has 1 N–H and O–H groups in total. The Morgan fingerprint density at radius 1 is 1.07 bits per heavy atom. The Bertz CT molecular complexity index is 1110. The minimum Gasteiger partial charge on any atom is -0.458 e. The van der Waals surface area contributed by atoms with E-state index in [9.17, 15) is 14.7 Å². The molecule has 1 aliphatic heterocycles. The maximum atomic E-state index is 13.3. The number of anilines is 1. The number of nitrogens with zero attached hydrogens (tertiary/aromatic N) is 1. The lowest BCUT2D eigenvalue weighted by molar-refractivity contribution is -0.136. The van der Waals surface area contributed by atoms with E-state index in [-0.39, 0.29) is 12.3 Å². The summed E-state index contributed by atoms with van der Waals surface area (Å²) >= 11 is 12.1. The molecule has 0 fully saturated rings. The molecule has 148 valence electrons. The van der Waals surface area contributed by atoms with Gasteiger partial charge in [-0.05, 0) is 55.0 Å². The third-order valence-electron chi connectivity index (χ3n) is 4.98. The predicted molar refractivity (Wildman–Crippen MR) is 110 cm³/mol. The van der Waals surface area contributed by atoms with Crippen LogP contribution in [0.4, 0.5) is 5.69 Å². The number of hydrogen-bond acceptors (Lipinski definition) is 4. The first-order chi connectivity index (χ1) is 13.8. The average Bonchev–Trinajstić information content (AvgIpc) is 3.20. The van der Waals surface area contributed by atoms with Gasteiger partial charge in [-0.2, -0.15) is 0 Å². The van der Waals surface area contributed by atoms with Crippen molar-refractivity contribution < 1.29 is 19.1 Å². The van der Waals surface area contributed by atoms with E-state index in [4.69, 9.17) is 27.6 Å². The Morgan fingerprint density at radius 3 is 2.41 bits per heavy atom. The second-order valence-electron chi connectivity index (χ2n) is 7.05. The molecule has 0 spiro atoms. The number of carbonyl (C=O) groups is 2. The summed E-state index contributed by atoms with van der Waals surface area (Å²) in [5.41, 5.74) is -0.369. The first kappa shape index (κ1) is 19.7. The van der Waals surface area contributed by atoms with E-state index < -0.39 is 23.7 Å². The average molecular weight is 430 g/mol.